The highest BCUT2D eigenvalue weighted by molar-refractivity contribution is 8.18. The highest BCUT2D eigenvalue weighted by Crippen LogP contribution is 2.33. The third kappa shape index (κ3) is 4.81. The van der Waals surface area contributed by atoms with E-state index in [4.69, 9.17) is 16.3 Å². The van der Waals surface area contributed by atoms with Crippen molar-refractivity contribution in [1.29, 1.82) is 0 Å². The molecule has 0 saturated carbocycles. The minimum atomic E-state index is -0.502. The Kier molecular flexibility index (Phi) is 6.30. The zero-order valence-electron chi connectivity index (χ0n) is 16.1. The van der Waals surface area contributed by atoms with Crippen molar-refractivity contribution < 1.29 is 19.1 Å². The van der Waals surface area contributed by atoms with Crippen LogP contribution in [0.3, 0.4) is 0 Å². The topological polar surface area (TPSA) is 75.7 Å². The molecule has 29 heavy (non-hydrogen) atoms. The molecule has 1 aliphatic heterocycles. The molecular weight excluding hydrogens is 412 g/mol. The van der Waals surface area contributed by atoms with Crippen LogP contribution in [-0.2, 0) is 9.59 Å². The van der Waals surface area contributed by atoms with Gasteiger partial charge in [-0.1, -0.05) is 29.8 Å². The number of anilines is 1. The van der Waals surface area contributed by atoms with Gasteiger partial charge in [-0.15, -0.1) is 0 Å². The van der Waals surface area contributed by atoms with E-state index < -0.39 is 17.1 Å². The maximum absolute atomic E-state index is 12.6. The van der Waals surface area contributed by atoms with Gasteiger partial charge in [0.1, 0.15) is 12.3 Å². The van der Waals surface area contributed by atoms with Crippen molar-refractivity contribution in [3.63, 3.8) is 0 Å². The number of carbonyl (C=O) groups excluding carboxylic acids is 3. The zero-order valence-corrected chi connectivity index (χ0v) is 17.7. The fourth-order valence-electron chi connectivity index (χ4n) is 2.78. The maximum Gasteiger partial charge on any atom is 0.294 e. The number of imide groups is 1. The van der Waals surface area contributed by atoms with Crippen LogP contribution >= 0.6 is 23.4 Å². The maximum atomic E-state index is 12.6. The van der Waals surface area contributed by atoms with Gasteiger partial charge in [0.25, 0.3) is 11.1 Å². The lowest BCUT2D eigenvalue weighted by Crippen LogP contribution is -2.36. The first-order valence-electron chi connectivity index (χ1n) is 8.74. The molecule has 3 rings (SSSR count). The number of hydrogen-bond acceptors (Lipinski definition) is 5. The number of hydrogen-bond donors (Lipinski definition) is 1. The van der Waals surface area contributed by atoms with E-state index in [0.29, 0.717) is 16.5 Å². The Bertz CT molecular complexity index is 1040. The van der Waals surface area contributed by atoms with Crippen LogP contribution in [-0.4, -0.2) is 35.6 Å². The SMILES string of the molecule is COc1cc(/C=C2/SC(=O)N(CC(=O)Nc3cc(Cl)ccc3C)C2=O)ccc1C. The number of aryl methyl sites for hydroxylation is 2. The summed E-state index contributed by atoms with van der Waals surface area (Å²) in [6, 6.07) is 10.6. The number of nitrogens with zero attached hydrogens (tertiary/aromatic N) is 1. The summed E-state index contributed by atoms with van der Waals surface area (Å²) in [5, 5.41) is 2.68. The molecule has 3 amide bonds. The molecular formula is C21H19ClN2O4S. The van der Waals surface area contributed by atoms with E-state index in [0.717, 1.165) is 33.4 Å². The predicted octanol–water partition coefficient (Wildman–Crippen LogP) is 4.64. The van der Waals surface area contributed by atoms with E-state index in [2.05, 4.69) is 5.32 Å². The molecule has 2 aromatic carbocycles. The van der Waals surface area contributed by atoms with E-state index in [1.807, 2.05) is 26.0 Å². The monoisotopic (exact) mass is 430 g/mol. The molecule has 1 saturated heterocycles. The van der Waals surface area contributed by atoms with Crippen LogP contribution in [0.15, 0.2) is 41.3 Å². The Morgan fingerprint density at radius 2 is 1.90 bits per heavy atom. The van der Waals surface area contributed by atoms with Crippen molar-refractivity contribution in [2.45, 2.75) is 13.8 Å². The Balaban J connectivity index is 1.73. The fraction of sp³-hybridized carbons (Fsp3) is 0.190. The highest BCUT2D eigenvalue weighted by Gasteiger charge is 2.36. The van der Waals surface area contributed by atoms with Crippen molar-refractivity contribution in [2.24, 2.45) is 0 Å². The molecule has 1 fully saturated rings. The molecule has 0 aliphatic carbocycles. The van der Waals surface area contributed by atoms with Gasteiger partial charge < -0.3 is 10.1 Å². The molecule has 0 atom stereocenters. The normalized spacial score (nSPS) is 15.2. The number of halogens is 1. The summed E-state index contributed by atoms with van der Waals surface area (Å²) in [7, 11) is 1.57. The van der Waals surface area contributed by atoms with Gasteiger partial charge >= 0.3 is 0 Å². The van der Waals surface area contributed by atoms with Gasteiger partial charge in [0.2, 0.25) is 5.91 Å². The Morgan fingerprint density at radius 1 is 1.17 bits per heavy atom. The van der Waals surface area contributed by atoms with Crippen LogP contribution in [0.2, 0.25) is 5.02 Å². The van der Waals surface area contributed by atoms with Gasteiger partial charge in [-0.05, 0) is 66.6 Å². The first-order chi connectivity index (χ1) is 13.8. The Morgan fingerprint density at radius 3 is 2.62 bits per heavy atom. The lowest BCUT2D eigenvalue weighted by atomic mass is 10.1. The molecule has 1 N–H and O–H groups in total. The van der Waals surface area contributed by atoms with Crippen molar-refractivity contribution in [3.05, 3.63) is 63.0 Å². The van der Waals surface area contributed by atoms with Crippen LogP contribution in [0.1, 0.15) is 16.7 Å². The molecule has 0 aromatic heterocycles. The number of methoxy groups -OCH3 is 1. The minimum absolute atomic E-state index is 0.257. The van der Waals surface area contributed by atoms with Crippen molar-refractivity contribution in [2.75, 3.05) is 19.0 Å². The molecule has 2 aromatic rings. The average molecular weight is 431 g/mol. The van der Waals surface area contributed by atoms with E-state index in [1.165, 1.54) is 0 Å². The van der Waals surface area contributed by atoms with Gasteiger partial charge in [0.05, 0.1) is 12.0 Å². The lowest BCUT2D eigenvalue weighted by Gasteiger charge is -2.13. The van der Waals surface area contributed by atoms with Gasteiger partial charge in [-0.25, -0.2) is 0 Å². The Hall–Kier alpha value is -2.77. The number of thioether (sulfide) groups is 1. The second kappa shape index (κ2) is 8.71. The summed E-state index contributed by atoms with van der Waals surface area (Å²) >= 11 is 6.76. The molecule has 1 heterocycles. The molecule has 0 bridgehead atoms. The first-order valence-corrected chi connectivity index (χ1v) is 9.94. The number of benzene rings is 2. The number of carbonyl (C=O) groups is 3. The lowest BCUT2D eigenvalue weighted by molar-refractivity contribution is -0.127. The molecule has 0 unspecified atom stereocenters. The molecule has 8 heteroatoms. The fourth-order valence-corrected chi connectivity index (χ4v) is 3.79. The summed E-state index contributed by atoms with van der Waals surface area (Å²) in [6.07, 6.45) is 1.62. The molecule has 0 radical (unpaired) electrons. The largest absolute Gasteiger partial charge is 0.496 e. The zero-order chi connectivity index (χ0) is 21.1. The van der Waals surface area contributed by atoms with Gasteiger partial charge in [-0.3, -0.25) is 19.3 Å². The number of ether oxygens (including phenoxy) is 1. The van der Waals surface area contributed by atoms with E-state index >= 15 is 0 Å². The van der Waals surface area contributed by atoms with Crippen LogP contribution in [0.5, 0.6) is 5.75 Å². The Labute approximate surface area is 177 Å². The van der Waals surface area contributed by atoms with E-state index in [9.17, 15) is 14.4 Å². The van der Waals surface area contributed by atoms with E-state index in [1.54, 1.807) is 37.5 Å². The van der Waals surface area contributed by atoms with Crippen LogP contribution in [0.25, 0.3) is 6.08 Å². The van der Waals surface area contributed by atoms with Crippen LogP contribution < -0.4 is 10.1 Å². The summed E-state index contributed by atoms with van der Waals surface area (Å²) in [6.45, 7) is 3.37. The number of rotatable bonds is 5. The molecule has 0 spiro atoms. The predicted molar refractivity (Wildman–Crippen MR) is 115 cm³/mol. The summed E-state index contributed by atoms with van der Waals surface area (Å²) < 4.78 is 5.29. The molecule has 150 valence electrons. The summed E-state index contributed by atoms with van der Waals surface area (Å²) in [5.74, 6) is -0.289. The third-order valence-electron chi connectivity index (χ3n) is 4.38. The van der Waals surface area contributed by atoms with Crippen LogP contribution in [0.4, 0.5) is 10.5 Å². The second-order valence-corrected chi connectivity index (χ2v) is 7.93. The van der Waals surface area contributed by atoms with Crippen molar-refractivity contribution in [3.8, 4) is 5.75 Å². The third-order valence-corrected chi connectivity index (χ3v) is 5.52. The first kappa shape index (κ1) is 21.0. The second-order valence-electron chi connectivity index (χ2n) is 6.50. The van der Waals surface area contributed by atoms with Gasteiger partial charge in [0.15, 0.2) is 0 Å². The molecule has 1 aliphatic rings. The average Bonchev–Trinajstić information content (AvgIpc) is 2.93. The van der Waals surface area contributed by atoms with Crippen molar-refractivity contribution >= 4 is 52.2 Å². The highest BCUT2D eigenvalue weighted by atomic mass is 35.5. The molecule has 6 nitrogen and oxygen atoms in total. The number of amides is 3. The number of nitrogens with one attached hydrogen (secondary N) is 1. The van der Waals surface area contributed by atoms with Crippen molar-refractivity contribution in [1.82, 2.24) is 4.90 Å². The summed E-state index contributed by atoms with van der Waals surface area (Å²) in [5.41, 5.74) is 3.06. The van der Waals surface area contributed by atoms with E-state index in [-0.39, 0.29) is 11.4 Å². The van der Waals surface area contributed by atoms with Gasteiger partial charge in [0, 0.05) is 10.7 Å². The van der Waals surface area contributed by atoms with Gasteiger partial charge in [-0.2, -0.15) is 0 Å². The quantitative estimate of drug-likeness (QED) is 0.699. The summed E-state index contributed by atoms with van der Waals surface area (Å²) in [4.78, 5) is 38.5. The minimum Gasteiger partial charge on any atom is -0.496 e. The standard InChI is InChI=1S/C21H19ClN2O4S/c1-12-5-7-15(22)10-16(12)23-19(25)11-24-20(26)18(29-21(24)27)9-14-6-4-13(2)17(8-14)28-3/h4-10H,11H2,1-3H3,(H,23,25)/b18-9+. The van der Waals surface area contributed by atoms with Crippen LogP contribution in [0, 0.1) is 13.8 Å². The smallest absolute Gasteiger partial charge is 0.294 e.